The molecule has 0 aliphatic heterocycles. The Labute approximate surface area is 409 Å². The molecule has 3 aliphatic carbocycles. The molecule has 15 nitrogen and oxygen atoms in total. The number of rotatable bonds is 22. The van der Waals surface area contributed by atoms with E-state index in [2.05, 4.69) is 69.8 Å². The van der Waals surface area contributed by atoms with E-state index in [9.17, 15) is 14.6 Å². The van der Waals surface area contributed by atoms with Gasteiger partial charge in [0.15, 0.2) is 11.5 Å². The molecule has 4 aromatic carbocycles. The lowest BCUT2D eigenvalue weighted by Crippen LogP contribution is -2.47. The van der Waals surface area contributed by atoms with E-state index in [1.54, 1.807) is 44.7 Å². The summed E-state index contributed by atoms with van der Waals surface area (Å²) >= 11 is 0. The van der Waals surface area contributed by atoms with Crippen molar-refractivity contribution in [1.82, 2.24) is 25.0 Å². The third-order valence-electron chi connectivity index (χ3n) is 14.1. The van der Waals surface area contributed by atoms with E-state index in [1.807, 2.05) is 16.8 Å². The molecule has 2 aromatic heterocycles. The van der Waals surface area contributed by atoms with Gasteiger partial charge in [-0.25, -0.2) is 19.0 Å². The number of hydrogen-bond acceptors (Lipinski definition) is 14. The summed E-state index contributed by atoms with van der Waals surface area (Å²) < 4.78 is 54.1. The number of aliphatic hydroxyl groups excluding tert-OH is 1. The molecule has 3 unspecified atom stereocenters. The summed E-state index contributed by atoms with van der Waals surface area (Å²) in [6.07, 6.45) is 9.07. The molecule has 16 heteroatoms. The van der Waals surface area contributed by atoms with Crippen molar-refractivity contribution in [3.8, 4) is 23.0 Å². The van der Waals surface area contributed by atoms with E-state index in [1.165, 1.54) is 35.2 Å². The second kappa shape index (κ2) is 24.3. The van der Waals surface area contributed by atoms with E-state index < -0.39 is 0 Å². The SMILES string of the molecule is CCCOCc1cnnn1CCOc1ccc([C@H]2C[C@@]3(C)C(CC[C@@H]3O)C3CCc4cc(O)ccc4C32)cc1.COCCOCCOCCOc1cc2ncnc(Nc3cccc(F)c3)c2cc1OC. The standard InChI is InChI=1S/C32H41N3O4.C22H26FN3O5/c1-3-15-38-20-23-19-33-34-35(23)14-16-39-25-8-4-21(5-9-25)28-18-32(2)29(12-13-30(32)37)27-10-6-22-17-24(36)7-11-26(22)31(27)28;1-27-6-7-29-8-9-30-10-11-31-21-14-19-18(13-20(21)28-2)22(25-15-24-19)26-17-5-3-4-16(23)12-17/h4-5,7-9,11,17,19,27-31,36-37H,3,6,10,12-16,18,20H2,1-2H3;3-5,12-15H,6-11H2,1-2H3,(H,24,25,26)/t27?,28-,29?,30+,31?,32+;/m1./s1. The van der Waals surface area contributed by atoms with Gasteiger partial charge in [-0.2, -0.15) is 0 Å². The van der Waals surface area contributed by atoms with Crippen LogP contribution in [0.15, 0.2) is 91.4 Å². The number of aromatic hydroxyl groups is 1. The van der Waals surface area contributed by atoms with Crippen LogP contribution in [0, 0.1) is 23.1 Å². The molecular formula is C54H67FN6O9. The molecule has 6 atom stereocenters. The van der Waals surface area contributed by atoms with Crippen LogP contribution in [0.4, 0.5) is 15.9 Å². The van der Waals surface area contributed by atoms with E-state index in [4.69, 9.17) is 33.2 Å². The van der Waals surface area contributed by atoms with Gasteiger partial charge in [-0.1, -0.05) is 43.3 Å². The van der Waals surface area contributed by atoms with Gasteiger partial charge in [-0.15, -0.1) is 5.10 Å². The first-order chi connectivity index (χ1) is 34.2. The van der Waals surface area contributed by atoms with E-state index >= 15 is 0 Å². The number of aliphatic hydroxyl groups is 1. The molecular weight excluding hydrogens is 896 g/mol. The zero-order valence-electron chi connectivity index (χ0n) is 40.7. The van der Waals surface area contributed by atoms with Crippen molar-refractivity contribution in [3.05, 3.63) is 120 Å². The van der Waals surface area contributed by atoms with Crippen LogP contribution in [0.1, 0.15) is 80.2 Å². The third-order valence-corrected chi connectivity index (χ3v) is 14.1. The zero-order chi connectivity index (χ0) is 48.9. The van der Waals surface area contributed by atoms with Crippen LogP contribution in [0.5, 0.6) is 23.0 Å². The van der Waals surface area contributed by atoms with Crippen LogP contribution < -0.4 is 19.5 Å². The summed E-state index contributed by atoms with van der Waals surface area (Å²) in [7, 11) is 3.19. The smallest absolute Gasteiger partial charge is 0.163 e. The number of aryl methyl sites for hydroxylation is 1. The molecule has 9 rings (SSSR count). The Kier molecular flexibility index (Phi) is 17.5. The van der Waals surface area contributed by atoms with Crippen LogP contribution >= 0.6 is 0 Å². The number of methoxy groups -OCH3 is 2. The normalized spacial score (nSPS) is 21.3. The summed E-state index contributed by atoms with van der Waals surface area (Å²) in [6, 6.07) is 24.3. The maximum absolute atomic E-state index is 13.5. The lowest BCUT2D eigenvalue weighted by atomic mass is 9.51. The molecule has 6 aromatic rings. The van der Waals surface area contributed by atoms with Crippen molar-refractivity contribution in [3.63, 3.8) is 0 Å². The first kappa shape index (κ1) is 50.5. The van der Waals surface area contributed by atoms with Crippen molar-refractivity contribution in [2.75, 3.05) is 72.4 Å². The Morgan fingerprint density at radius 1 is 0.829 bits per heavy atom. The Morgan fingerprint density at radius 3 is 2.43 bits per heavy atom. The van der Waals surface area contributed by atoms with Gasteiger partial charge in [-0.05, 0) is 133 Å². The Morgan fingerprint density at radius 2 is 1.64 bits per heavy atom. The Bertz CT molecular complexity index is 2600. The number of hydrogen-bond donors (Lipinski definition) is 3. The highest BCUT2D eigenvalue weighted by Crippen LogP contribution is 2.65. The van der Waals surface area contributed by atoms with Crippen molar-refractivity contribution < 1.29 is 47.8 Å². The van der Waals surface area contributed by atoms with E-state index in [0.717, 1.165) is 62.0 Å². The van der Waals surface area contributed by atoms with Gasteiger partial charge in [0.05, 0.1) is 76.8 Å². The second-order valence-corrected chi connectivity index (χ2v) is 18.5. The van der Waals surface area contributed by atoms with Gasteiger partial charge in [0.25, 0.3) is 0 Å². The molecule has 0 amide bonds. The van der Waals surface area contributed by atoms with Crippen LogP contribution in [0.2, 0.25) is 0 Å². The van der Waals surface area contributed by atoms with Crippen LogP contribution in [0.25, 0.3) is 10.9 Å². The van der Waals surface area contributed by atoms with E-state index in [-0.39, 0.29) is 17.3 Å². The second-order valence-electron chi connectivity index (χ2n) is 18.5. The highest BCUT2D eigenvalue weighted by atomic mass is 19.1. The van der Waals surface area contributed by atoms with Crippen molar-refractivity contribution in [2.45, 2.75) is 83.5 Å². The van der Waals surface area contributed by atoms with Gasteiger partial charge < -0.3 is 48.7 Å². The number of nitrogens with one attached hydrogen (secondary N) is 1. The fraction of sp³-hybridized carbons (Fsp3) is 0.481. The summed E-state index contributed by atoms with van der Waals surface area (Å²) in [6.45, 7) is 9.61. The van der Waals surface area contributed by atoms with Crippen LogP contribution in [-0.4, -0.2) is 108 Å². The van der Waals surface area contributed by atoms with Crippen molar-refractivity contribution in [2.24, 2.45) is 17.3 Å². The minimum Gasteiger partial charge on any atom is -0.508 e. The molecule has 2 fully saturated rings. The predicted octanol–water partition coefficient (Wildman–Crippen LogP) is 9.18. The number of fused-ring (bicyclic) bond motifs is 6. The van der Waals surface area contributed by atoms with Crippen LogP contribution in [0.3, 0.4) is 0 Å². The van der Waals surface area contributed by atoms with Crippen molar-refractivity contribution in [1.29, 1.82) is 0 Å². The first-order valence-electron chi connectivity index (χ1n) is 24.5. The van der Waals surface area contributed by atoms with Gasteiger partial charge >= 0.3 is 0 Å². The summed E-state index contributed by atoms with van der Waals surface area (Å²) in [4.78, 5) is 8.59. The molecule has 3 aliphatic rings. The summed E-state index contributed by atoms with van der Waals surface area (Å²) in [5, 5.41) is 33.3. The lowest BCUT2D eigenvalue weighted by Gasteiger charge is -2.54. The number of aromatic nitrogens is 5. The molecule has 0 bridgehead atoms. The maximum atomic E-state index is 13.5. The number of ether oxygens (including phenoxy) is 7. The monoisotopic (exact) mass is 962 g/mol. The van der Waals surface area contributed by atoms with Gasteiger partial charge in [0.1, 0.15) is 42.7 Å². The third kappa shape index (κ3) is 12.2. The number of benzene rings is 4. The zero-order valence-corrected chi connectivity index (χ0v) is 40.7. The molecule has 2 saturated carbocycles. The highest BCUT2D eigenvalue weighted by Gasteiger charge is 2.57. The van der Waals surface area contributed by atoms with E-state index in [0.29, 0.717) is 117 Å². The Hall–Kier alpha value is -5.91. The summed E-state index contributed by atoms with van der Waals surface area (Å²) in [5.41, 5.74) is 6.14. The maximum Gasteiger partial charge on any atom is 0.163 e. The number of halogens is 1. The molecule has 70 heavy (non-hydrogen) atoms. The predicted molar refractivity (Wildman–Crippen MR) is 264 cm³/mol. The molecule has 0 spiro atoms. The largest absolute Gasteiger partial charge is 0.508 e. The quantitative estimate of drug-likeness (QED) is 0.0550. The fourth-order valence-electron chi connectivity index (χ4n) is 10.8. The fourth-order valence-corrected chi connectivity index (χ4v) is 10.8. The molecule has 0 radical (unpaired) electrons. The van der Waals surface area contributed by atoms with Crippen LogP contribution in [-0.2, 0) is 38.5 Å². The van der Waals surface area contributed by atoms with Gasteiger partial charge in [0.2, 0.25) is 0 Å². The number of anilines is 2. The minimum atomic E-state index is -0.333. The van der Waals surface area contributed by atoms with Crippen molar-refractivity contribution >= 4 is 22.4 Å². The summed E-state index contributed by atoms with van der Waals surface area (Å²) in [5.74, 6) is 4.31. The topological polar surface area (TPSA) is 174 Å². The van der Waals surface area contributed by atoms with Gasteiger partial charge in [-0.3, -0.25) is 0 Å². The lowest BCUT2D eigenvalue weighted by molar-refractivity contribution is -0.0323. The number of nitrogens with zero attached hydrogens (tertiary/aromatic N) is 5. The molecule has 2 heterocycles. The first-order valence-corrected chi connectivity index (χ1v) is 24.5. The molecule has 374 valence electrons. The molecule has 0 saturated heterocycles. The minimum absolute atomic E-state index is 0.0498. The molecule has 3 N–H and O–H groups in total. The average Bonchev–Trinajstić information content (AvgIpc) is 3.95. The highest BCUT2D eigenvalue weighted by molar-refractivity contribution is 5.93. The average molecular weight is 963 g/mol. The van der Waals surface area contributed by atoms with Gasteiger partial charge in [0, 0.05) is 30.9 Å². The number of phenols is 1. The number of phenolic OH excluding ortho intramolecular Hbond substituents is 1. The Balaban J connectivity index is 0.000000194.